The van der Waals surface area contributed by atoms with Crippen LogP contribution in [0.3, 0.4) is 0 Å². The van der Waals surface area contributed by atoms with Gasteiger partial charge < -0.3 is 4.42 Å². The Hall–Kier alpha value is -1.73. The minimum Gasteiger partial charge on any atom is -0.419 e. The molecular formula is C10H10N2O4S. The number of hydrogen-bond acceptors (Lipinski definition) is 5. The number of hydrogen-bond donors (Lipinski definition) is 1. The van der Waals surface area contributed by atoms with Crippen molar-refractivity contribution >= 4 is 10.1 Å². The van der Waals surface area contributed by atoms with E-state index in [0.29, 0.717) is 5.56 Å². The molecule has 0 amide bonds. The van der Waals surface area contributed by atoms with Crippen molar-refractivity contribution in [1.82, 2.24) is 10.2 Å². The number of nitrogens with zero attached hydrogens (tertiary/aromatic N) is 2. The highest BCUT2D eigenvalue weighted by Crippen LogP contribution is 2.18. The molecule has 1 N–H and O–H groups in total. The first-order valence-electron chi connectivity index (χ1n) is 4.78. The maximum atomic E-state index is 10.6. The molecule has 0 unspecified atom stereocenters. The minimum absolute atomic E-state index is 0.136. The Balaban J connectivity index is 2.27. The van der Waals surface area contributed by atoms with Crippen LogP contribution in [0.2, 0.25) is 0 Å². The maximum Gasteiger partial charge on any atom is 0.273 e. The molecule has 0 atom stereocenters. The van der Waals surface area contributed by atoms with Crippen LogP contribution in [0.4, 0.5) is 0 Å². The number of benzene rings is 1. The summed E-state index contributed by atoms with van der Waals surface area (Å²) in [5.41, 5.74) is 1.79. The molecule has 17 heavy (non-hydrogen) atoms. The second kappa shape index (κ2) is 4.27. The van der Waals surface area contributed by atoms with Gasteiger partial charge in [0.25, 0.3) is 10.1 Å². The van der Waals surface area contributed by atoms with E-state index in [1.54, 1.807) is 12.1 Å². The molecule has 1 aromatic carbocycles. The molecule has 2 aromatic rings. The first-order chi connectivity index (χ1) is 7.94. The fourth-order valence-electron chi connectivity index (χ4n) is 1.28. The number of rotatable bonds is 3. The topological polar surface area (TPSA) is 93.3 Å². The lowest BCUT2D eigenvalue weighted by atomic mass is 10.1. The van der Waals surface area contributed by atoms with Gasteiger partial charge in [-0.05, 0) is 19.1 Å². The number of aromatic nitrogens is 2. The van der Waals surface area contributed by atoms with E-state index in [1.807, 2.05) is 19.1 Å². The molecule has 0 spiro atoms. The highest BCUT2D eigenvalue weighted by molar-refractivity contribution is 7.84. The average Bonchev–Trinajstić information content (AvgIpc) is 2.64. The summed E-state index contributed by atoms with van der Waals surface area (Å²) in [6.07, 6.45) is 0. The smallest absolute Gasteiger partial charge is 0.273 e. The first-order valence-corrected chi connectivity index (χ1v) is 6.39. The summed E-state index contributed by atoms with van der Waals surface area (Å²) >= 11 is 0. The van der Waals surface area contributed by atoms with Crippen molar-refractivity contribution in [2.75, 3.05) is 0 Å². The summed E-state index contributed by atoms with van der Waals surface area (Å²) in [6, 6.07) is 7.34. The predicted octanol–water partition coefficient (Wildman–Crippen LogP) is 1.43. The van der Waals surface area contributed by atoms with Gasteiger partial charge in [-0.2, -0.15) is 8.42 Å². The van der Waals surface area contributed by atoms with Gasteiger partial charge >= 0.3 is 0 Å². The standard InChI is InChI=1S/C10H10N2O4S/c1-7-2-4-8(5-3-7)10-12-11-9(16-10)6-17(13,14)15/h2-5H,6H2,1H3,(H,13,14,15). The Bertz CT molecular complexity index is 616. The van der Waals surface area contributed by atoms with Gasteiger partial charge in [0.05, 0.1) is 0 Å². The lowest BCUT2D eigenvalue weighted by Crippen LogP contribution is -2.01. The van der Waals surface area contributed by atoms with E-state index in [-0.39, 0.29) is 11.8 Å². The summed E-state index contributed by atoms with van der Waals surface area (Å²) < 4.78 is 35.0. The van der Waals surface area contributed by atoms with Gasteiger partial charge in [0.2, 0.25) is 11.8 Å². The van der Waals surface area contributed by atoms with Crippen LogP contribution in [-0.2, 0) is 15.9 Å². The van der Waals surface area contributed by atoms with Crippen molar-refractivity contribution in [1.29, 1.82) is 0 Å². The Morgan fingerprint density at radius 1 is 1.24 bits per heavy atom. The zero-order valence-electron chi connectivity index (χ0n) is 8.99. The largest absolute Gasteiger partial charge is 0.419 e. The number of aryl methyl sites for hydroxylation is 1. The fraction of sp³-hybridized carbons (Fsp3) is 0.200. The van der Waals surface area contributed by atoms with Crippen LogP contribution in [-0.4, -0.2) is 23.2 Å². The van der Waals surface area contributed by atoms with Crippen molar-refractivity contribution in [3.8, 4) is 11.5 Å². The molecule has 0 radical (unpaired) electrons. The van der Waals surface area contributed by atoms with Gasteiger partial charge in [-0.1, -0.05) is 17.7 Å². The molecule has 7 heteroatoms. The normalized spacial score (nSPS) is 11.6. The van der Waals surface area contributed by atoms with E-state index in [0.717, 1.165) is 5.56 Å². The van der Waals surface area contributed by atoms with E-state index in [1.165, 1.54) is 0 Å². The molecular weight excluding hydrogens is 244 g/mol. The second-order valence-electron chi connectivity index (χ2n) is 3.59. The molecule has 0 fully saturated rings. The third kappa shape index (κ3) is 3.11. The molecule has 0 saturated carbocycles. The first kappa shape index (κ1) is 11.7. The van der Waals surface area contributed by atoms with E-state index in [4.69, 9.17) is 8.97 Å². The van der Waals surface area contributed by atoms with Crippen LogP contribution in [0, 0.1) is 6.92 Å². The van der Waals surface area contributed by atoms with Crippen molar-refractivity contribution < 1.29 is 17.4 Å². The summed E-state index contributed by atoms with van der Waals surface area (Å²) in [7, 11) is -4.15. The van der Waals surface area contributed by atoms with Gasteiger partial charge in [-0.15, -0.1) is 10.2 Å². The molecule has 0 bridgehead atoms. The zero-order chi connectivity index (χ0) is 12.5. The molecule has 2 rings (SSSR count). The second-order valence-corrected chi connectivity index (χ2v) is 5.05. The SMILES string of the molecule is Cc1ccc(-c2nnc(CS(=O)(=O)O)o2)cc1. The predicted molar refractivity (Wildman–Crippen MR) is 59.7 cm³/mol. The van der Waals surface area contributed by atoms with Crippen molar-refractivity contribution in [2.24, 2.45) is 0 Å². The fourth-order valence-corrected chi connectivity index (χ4v) is 1.71. The summed E-state index contributed by atoms with van der Waals surface area (Å²) in [5.74, 6) is -0.585. The van der Waals surface area contributed by atoms with Gasteiger partial charge in [0.1, 0.15) is 0 Å². The maximum absolute atomic E-state index is 10.6. The summed E-state index contributed by atoms with van der Waals surface area (Å²) in [5, 5.41) is 7.25. The van der Waals surface area contributed by atoms with Crippen LogP contribution in [0.25, 0.3) is 11.5 Å². The van der Waals surface area contributed by atoms with Gasteiger partial charge in [0.15, 0.2) is 5.75 Å². The Kier molecular flexibility index (Phi) is 2.95. The Morgan fingerprint density at radius 2 is 1.88 bits per heavy atom. The van der Waals surface area contributed by atoms with Crippen LogP contribution in [0.5, 0.6) is 0 Å². The monoisotopic (exact) mass is 254 g/mol. The molecule has 6 nitrogen and oxygen atoms in total. The van der Waals surface area contributed by atoms with E-state index in [9.17, 15) is 8.42 Å². The average molecular weight is 254 g/mol. The third-order valence-corrected chi connectivity index (χ3v) is 2.68. The van der Waals surface area contributed by atoms with Crippen LogP contribution >= 0.6 is 0 Å². The van der Waals surface area contributed by atoms with Gasteiger partial charge in [-0.3, -0.25) is 4.55 Å². The quantitative estimate of drug-likeness (QED) is 0.833. The van der Waals surface area contributed by atoms with Gasteiger partial charge in [0, 0.05) is 5.56 Å². The zero-order valence-corrected chi connectivity index (χ0v) is 9.81. The lowest BCUT2D eigenvalue weighted by Gasteiger charge is -1.95. The van der Waals surface area contributed by atoms with Gasteiger partial charge in [-0.25, -0.2) is 0 Å². The van der Waals surface area contributed by atoms with Crippen molar-refractivity contribution in [3.05, 3.63) is 35.7 Å². The Labute approximate surface area is 98.0 Å². The molecule has 0 aliphatic heterocycles. The molecule has 1 heterocycles. The lowest BCUT2D eigenvalue weighted by molar-refractivity contribution is 0.465. The van der Waals surface area contributed by atoms with Crippen LogP contribution in [0.15, 0.2) is 28.7 Å². The molecule has 1 aromatic heterocycles. The van der Waals surface area contributed by atoms with Crippen LogP contribution in [0.1, 0.15) is 11.5 Å². The molecule has 90 valence electrons. The highest BCUT2D eigenvalue weighted by atomic mass is 32.2. The summed E-state index contributed by atoms with van der Waals surface area (Å²) in [4.78, 5) is 0. The van der Waals surface area contributed by atoms with Crippen molar-refractivity contribution in [3.63, 3.8) is 0 Å². The molecule has 0 aliphatic rings. The van der Waals surface area contributed by atoms with Crippen molar-refractivity contribution in [2.45, 2.75) is 12.7 Å². The Morgan fingerprint density at radius 3 is 2.47 bits per heavy atom. The highest BCUT2D eigenvalue weighted by Gasteiger charge is 2.14. The van der Waals surface area contributed by atoms with E-state index < -0.39 is 15.9 Å². The van der Waals surface area contributed by atoms with E-state index in [2.05, 4.69) is 10.2 Å². The molecule has 0 aliphatic carbocycles. The van der Waals surface area contributed by atoms with E-state index >= 15 is 0 Å². The molecule has 0 saturated heterocycles. The minimum atomic E-state index is -4.15. The third-order valence-electron chi connectivity index (χ3n) is 2.07. The summed E-state index contributed by atoms with van der Waals surface area (Å²) in [6.45, 7) is 1.95. The van der Waals surface area contributed by atoms with Crippen LogP contribution < -0.4 is 0 Å².